The number of benzene rings is 2. The summed E-state index contributed by atoms with van der Waals surface area (Å²) in [6.07, 6.45) is 1.05. The van der Waals surface area contributed by atoms with Crippen LogP contribution in [-0.4, -0.2) is 43.0 Å². The van der Waals surface area contributed by atoms with Crippen LogP contribution in [0.15, 0.2) is 60.7 Å². The molecule has 172 valence electrons. The lowest BCUT2D eigenvalue weighted by atomic mass is 10.0. The normalized spacial score (nSPS) is 13.7. The average molecular weight is 440 g/mol. The molecule has 32 heavy (non-hydrogen) atoms. The summed E-state index contributed by atoms with van der Waals surface area (Å²) < 4.78 is 4.84. The Hall–Kier alpha value is -3.19. The molecule has 0 aromatic heterocycles. The molecule has 0 aliphatic rings. The third kappa shape index (κ3) is 8.15. The van der Waals surface area contributed by atoms with Gasteiger partial charge in [0.1, 0.15) is 12.1 Å². The first-order chi connectivity index (χ1) is 15.3. The molecular weight excluding hydrogens is 406 g/mol. The van der Waals surface area contributed by atoms with Crippen molar-refractivity contribution in [1.29, 1.82) is 0 Å². The fourth-order valence-electron chi connectivity index (χ4n) is 3.40. The SMILES string of the molecule is COC(=O)[C@H](CC(C)C)NC(=O)[C@H](Cc1ccccc1)NC(=O)[C@@H](N)Cc1ccccc1. The molecule has 0 radical (unpaired) electrons. The molecule has 0 bridgehead atoms. The minimum absolute atomic E-state index is 0.167. The van der Waals surface area contributed by atoms with Crippen molar-refractivity contribution in [2.24, 2.45) is 11.7 Å². The van der Waals surface area contributed by atoms with Gasteiger partial charge >= 0.3 is 5.97 Å². The standard InChI is InChI=1S/C25H33N3O4/c1-17(2)14-22(25(31)32-3)28-24(30)21(16-19-12-8-5-9-13-19)27-23(29)20(26)15-18-10-6-4-7-11-18/h4-13,17,20-22H,14-16,26H2,1-3H3,(H,27,29)(H,28,30)/t20-,21-,22-/m0/s1. The van der Waals surface area contributed by atoms with Crippen molar-refractivity contribution in [3.05, 3.63) is 71.8 Å². The Balaban J connectivity index is 2.14. The second-order valence-corrected chi connectivity index (χ2v) is 8.26. The molecule has 0 saturated heterocycles. The molecule has 0 heterocycles. The van der Waals surface area contributed by atoms with Crippen molar-refractivity contribution < 1.29 is 19.1 Å². The highest BCUT2D eigenvalue weighted by molar-refractivity contribution is 5.92. The van der Waals surface area contributed by atoms with Crippen molar-refractivity contribution in [3.63, 3.8) is 0 Å². The average Bonchev–Trinajstić information content (AvgIpc) is 2.78. The Morgan fingerprint density at radius 1 is 0.812 bits per heavy atom. The minimum Gasteiger partial charge on any atom is -0.467 e. The lowest BCUT2D eigenvalue weighted by Crippen LogP contribution is -2.55. The highest BCUT2D eigenvalue weighted by atomic mass is 16.5. The van der Waals surface area contributed by atoms with Crippen molar-refractivity contribution in [1.82, 2.24) is 10.6 Å². The largest absolute Gasteiger partial charge is 0.467 e. The number of nitrogens with two attached hydrogens (primary N) is 1. The second kappa shape index (κ2) is 12.6. The van der Waals surface area contributed by atoms with Crippen LogP contribution < -0.4 is 16.4 Å². The zero-order valence-corrected chi connectivity index (χ0v) is 18.9. The van der Waals surface area contributed by atoms with Gasteiger partial charge in [-0.25, -0.2) is 4.79 Å². The maximum Gasteiger partial charge on any atom is 0.328 e. The van der Waals surface area contributed by atoms with E-state index in [4.69, 9.17) is 10.5 Å². The number of methoxy groups -OCH3 is 1. The molecule has 2 rings (SSSR count). The van der Waals surface area contributed by atoms with Crippen LogP contribution in [-0.2, 0) is 32.0 Å². The summed E-state index contributed by atoms with van der Waals surface area (Å²) in [7, 11) is 1.29. The first-order valence-corrected chi connectivity index (χ1v) is 10.8. The summed E-state index contributed by atoms with van der Waals surface area (Å²) in [5.74, 6) is -1.23. The lowest BCUT2D eigenvalue weighted by molar-refractivity contribution is -0.145. The predicted molar refractivity (Wildman–Crippen MR) is 124 cm³/mol. The summed E-state index contributed by atoms with van der Waals surface area (Å²) >= 11 is 0. The number of amides is 2. The third-order valence-electron chi connectivity index (χ3n) is 5.06. The van der Waals surface area contributed by atoms with Gasteiger partial charge in [0, 0.05) is 6.42 Å². The Kier molecular flexibility index (Phi) is 9.88. The quantitative estimate of drug-likeness (QED) is 0.464. The number of carbonyl (C=O) groups excluding carboxylic acids is 3. The van der Waals surface area contributed by atoms with Crippen LogP contribution >= 0.6 is 0 Å². The van der Waals surface area contributed by atoms with E-state index in [-0.39, 0.29) is 12.3 Å². The number of carbonyl (C=O) groups is 3. The van der Waals surface area contributed by atoms with Gasteiger partial charge in [-0.05, 0) is 29.9 Å². The van der Waals surface area contributed by atoms with Crippen molar-refractivity contribution in [2.75, 3.05) is 7.11 Å². The highest BCUT2D eigenvalue weighted by Crippen LogP contribution is 2.09. The third-order valence-corrected chi connectivity index (χ3v) is 5.06. The van der Waals surface area contributed by atoms with Crippen LogP contribution in [0.5, 0.6) is 0 Å². The molecule has 0 aliphatic carbocycles. The highest BCUT2D eigenvalue weighted by Gasteiger charge is 2.29. The summed E-state index contributed by atoms with van der Waals surface area (Å²) in [5, 5.41) is 5.52. The van der Waals surface area contributed by atoms with Crippen LogP contribution in [0.1, 0.15) is 31.4 Å². The molecule has 0 saturated carbocycles. The summed E-state index contributed by atoms with van der Waals surface area (Å²) in [6.45, 7) is 3.90. The van der Waals surface area contributed by atoms with Crippen molar-refractivity contribution in [2.45, 2.75) is 51.2 Å². The molecule has 2 aromatic carbocycles. The van der Waals surface area contributed by atoms with Crippen LogP contribution in [0.2, 0.25) is 0 Å². The number of nitrogens with one attached hydrogen (secondary N) is 2. The van der Waals surface area contributed by atoms with Crippen molar-refractivity contribution in [3.8, 4) is 0 Å². The van der Waals surface area contributed by atoms with Gasteiger partial charge in [0.15, 0.2) is 0 Å². The molecule has 2 amide bonds. The minimum atomic E-state index is -0.883. The predicted octanol–water partition coefficient (Wildman–Crippen LogP) is 1.99. The van der Waals surface area contributed by atoms with E-state index in [9.17, 15) is 14.4 Å². The monoisotopic (exact) mass is 439 g/mol. The van der Waals surface area contributed by atoms with E-state index in [1.807, 2.05) is 74.5 Å². The zero-order valence-electron chi connectivity index (χ0n) is 18.9. The van der Waals surface area contributed by atoms with Gasteiger partial charge in [-0.15, -0.1) is 0 Å². The number of hydrogen-bond acceptors (Lipinski definition) is 5. The van der Waals surface area contributed by atoms with E-state index in [0.717, 1.165) is 11.1 Å². The van der Waals surface area contributed by atoms with Gasteiger partial charge in [0.25, 0.3) is 0 Å². The second-order valence-electron chi connectivity index (χ2n) is 8.26. The first kappa shape index (κ1) is 25.1. The fraction of sp³-hybridized carbons (Fsp3) is 0.400. The summed E-state index contributed by atoms with van der Waals surface area (Å²) in [6, 6.07) is 16.3. The Morgan fingerprint density at radius 3 is 1.81 bits per heavy atom. The Labute approximate surface area is 189 Å². The first-order valence-electron chi connectivity index (χ1n) is 10.8. The van der Waals surface area contributed by atoms with E-state index in [1.54, 1.807) is 0 Å². The maximum atomic E-state index is 13.1. The van der Waals surface area contributed by atoms with Gasteiger partial charge in [-0.2, -0.15) is 0 Å². The molecule has 7 nitrogen and oxygen atoms in total. The van der Waals surface area contributed by atoms with E-state index in [0.29, 0.717) is 12.8 Å². The molecule has 0 spiro atoms. The topological polar surface area (TPSA) is 111 Å². The van der Waals surface area contributed by atoms with E-state index in [1.165, 1.54) is 7.11 Å². The van der Waals surface area contributed by atoms with E-state index >= 15 is 0 Å². The molecule has 0 unspecified atom stereocenters. The molecule has 0 aliphatic heterocycles. The van der Waals surface area contributed by atoms with Crippen LogP contribution in [0, 0.1) is 5.92 Å². The molecule has 2 aromatic rings. The van der Waals surface area contributed by atoms with Crippen LogP contribution in [0.25, 0.3) is 0 Å². The van der Waals surface area contributed by atoms with Crippen LogP contribution in [0.3, 0.4) is 0 Å². The molecule has 0 fully saturated rings. The van der Waals surface area contributed by atoms with Gasteiger partial charge in [0.2, 0.25) is 11.8 Å². The zero-order chi connectivity index (χ0) is 23.5. The fourth-order valence-corrected chi connectivity index (χ4v) is 3.40. The van der Waals surface area contributed by atoms with Crippen molar-refractivity contribution >= 4 is 17.8 Å². The van der Waals surface area contributed by atoms with Gasteiger partial charge in [-0.1, -0.05) is 74.5 Å². The molecular formula is C25H33N3O4. The molecule has 7 heteroatoms. The van der Waals surface area contributed by atoms with Crippen LogP contribution in [0.4, 0.5) is 0 Å². The molecule has 4 N–H and O–H groups in total. The van der Waals surface area contributed by atoms with E-state index in [2.05, 4.69) is 10.6 Å². The van der Waals surface area contributed by atoms with Gasteiger partial charge in [-0.3, -0.25) is 9.59 Å². The molecule has 3 atom stereocenters. The van der Waals surface area contributed by atoms with Gasteiger partial charge in [0.05, 0.1) is 13.2 Å². The number of hydrogen-bond donors (Lipinski definition) is 3. The number of esters is 1. The maximum absolute atomic E-state index is 13.1. The van der Waals surface area contributed by atoms with Gasteiger partial charge < -0.3 is 21.1 Å². The summed E-state index contributed by atoms with van der Waals surface area (Å²) in [4.78, 5) is 38.1. The Morgan fingerprint density at radius 2 is 1.31 bits per heavy atom. The number of ether oxygens (including phenoxy) is 1. The smallest absolute Gasteiger partial charge is 0.328 e. The Bertz CT molecular complexity index is 871. The summed E-state index contributed by atoms with van der Waals surface area (Å²) in [5.41, 5.74) is 7.92. The lowest BCUT2D eigenvalue weighted by Gasteiger charge is -2.24. The van der Waals surface area contributed by atoms with E-state index < -0.39 is 35.9 Å². The number of rotatable bonds is 11.